The maximum atomic E-state index is 14.7. The predicted octanol–water partition coefficient (Wildman–Crippen LogP) is 2.93. The van der Waals surface area contributed by atoms with Crippen molar-refractivity contribution in [2.45, 2.75) is 13.8 Å². The molecule has 1 aliphatic rings. The van der Waals surface area contributed by atoms with E-state index in [1.807, 2.05) is 24.3 Å². The zero-order valence-corrected chi connectivity index (χ0v) is 18.3. The summed E-state index contributed by atoms with van der Waals surface area (Å²) in [7, 11) is 1.59. The standard InChI is InChI=1S/C23H30FN5O2/c1-4-28-10-12-29(13-11-28)22-9-8-18(14-21(22)24)17(2)26-27-23(30)16-25-19-6-5-7-20(15-19)31-3/h5-9,14-15,25H,4,10-13,16H2,1-3H3,(H,27,30)/b26-17-. The number of hydrogen-bond acceptors (Lipinski definition) is 6. The third-order valence-corrected chi connectivity index (χ3v) is 5.40. The van der Waals surface area contributed by atoms with Crippen molar-refractivity contribution < 1.29 is 13.9 Å². The average Bonchev–Trinajstić information content (AvgIpc) is 2.81. The molecular formula is C23H30FN5O2. The molecule has 0 unspecified atom stereocenters. The first-order valence-electron chi connectivity index (χ1n) is 10.5. The Kier molecular flexibility index (Phi) is 7.83. The number of benzene rings is 2. The molecule has 0 aromatic heterocycles. The van der Waals surface area contributed by atoms with E-state index < -0.39 is 0 Å². The summed E-state index contributed by atoms with van der Waals surface area (Å²) in [6.07, 6.45) is 0. The predicted molar refractivity (Wildman–Crippen MR) is 123 cm³/mol. The Balaban J connectivity index is 1.54. The van der Waals surface area contributed by atoms with Crippen LogP contribution in [0.3, 0.4) is 0 Å². The van der Waals surface area contributed by atoms with Crippen LogP contribution in [0.1, 0.15) is 19.4 Å². The van der Waals surface area contributed by atoms with Gasteiger partial charge in [-0.05, 0) is 37.7 Å². The molecule has 0 radical (unpaired) electrons. The molecule has 1 saturated heterocycles. The number of amides is 1. The number of ether oxygens (including phenoxy) is 1. The zero-order chi connectivity index (χ0) is 22.2. The van der Waals surface area contributed by atoms with Gasteiger partial charge in [0.2, 0.25) is 0 Å². The van der Waals surface area contributed by atoms with E-state index in [2.05, 4.69) is 32.6 Å². The van der Waals surface area contributed by atoms with E-state index >= 15 is 0 Å². The van der Waals surface area contributed by atoms with E-state index in [4.69, 9.17) is 4.74 Å². The molecule has 0 bridgehead atoms. The fourth-order valence-electron chi connectivity index (χ4n) is 3.46. The summed E-state index contributed by atoms with van der Waals surface area (Å²) in [5, 5.41) is 7.12. The van der Waals surface area contributed by atoms with Gasteiger partial charge in [0.25, 0.3) is 5.91 Å². The van der Waals surface area contributed by atoms with Crippen molar-refractivity contribution in [1.29, 1.82) is 0 Å². The number of nitrogens with one attached hydrogen (secondary N) is 2. The molecule has 2 aromatic rings. The molecule has 0 aliphatic carbocycles. The average molecular weight is 428 g/mol. The lowest BCUT2D eigenvalue weighted by Gasteiger charge is -2.35. The Morgan fingerprint density at radius 2 is 1.94 bits per heavy atom. The van der Waals surface area contributed by atoms with Gasteiger partial charge in [-0.25, -0.2) is 9.82 Å². The van der Waals surface area contributed by atoms with Gasteiger partial charge in [0.1, 0.15) is 11.6 Å². The maximum Gasteiger partial charge on any atom is 0.259 e. The number of piperazine rings is 1. The van der Waals surface area contributed by atoms with Crippen molar-refractivity contribution >= 4 is 23.0 Å². The minimum absolute atomic E-state index is 0.0565. The molecule has 3 rings (SSSR count). The van der Waals surface area contributed by atoms with Crippen LogP contribution in [0.15, 0.2) is 47.6 Å². The van der Waals surface area contributed by atoms with E-state index in [9.17, 15) is 9.18 Å². The van der Waals surface area contributed by atoms with Gasteiger partial charge in [0.15, 0.2) is 0 Å². The number of rotatable bonds is 8. The summed E-state index contributed by atoms with van der Waals surface area (Å²) in [6, 6.07) is 12.4. The minimum atomic E-state index is -0.298. The number of nitrogens with zero attached hydrogens (tertiary/aromatic N) is 3. The van der Waals surface area contributed by atoms with Crippen LogP contribution in [0.25, 0.3) is 0 Å². The van der Waals surface area contributed by atoms with Crippen molar-refractivity contribution in [3.63, 3.8) is 0 Å². The smallest absolute Gasteiger partial charge is 0.259 e. The van der Waals surface area contributed by atoms with E-state index in [0.717, 1.165) is 38.4 Å². The molecular weight excluding hydrogens is 397 g/mol. The second kappa shape index (κ2) is 10.8. The number of carbonyl (C=O) groups is 1. The van der Waals surface area contributed by atoms with E-state index in [-0.39, 0.29) is 18.3 Å². The number of halogens is 1. The van der Waals surface area contributed by atoms with Crippen LogP contribution in [0.2, 0.25) is 0 Å². The lowest BCUT2D eigenvalue weighted by molar-refractivity contribution is -0.119. The number of anilines is 2. The fraction of sp³-hybridized carbons (Fsp3) is 0.391. The van der Waals surface area contributed by atoms with Crippen LogP contribution in [0.4, 0.5) is 15.8 Å². The van der Waals surface area contributed by atoms with Gasteiger partial charge in [-0.1, -0.05) is 19.1 Å². The van der Waals surface area contributed by atoms with Crippen LogP contribution in [-0.4, -0.2) is 62.9 Å². The normalized spacial score (nSPS) is 15.0. The first kappa shape index (κ1) is 22.6. The topological polar surface area (TPSA) is 69.2 Å². The van der Waals surface area contributed by atoms with Gasteiger partial charge in [-0.15, -0.1) is 0 Å². The molecule has 8 heteroatoms. The second-order valence-corrected chi connectivity index (χ2v) is 7.41. The second-order valence-electron chi connectivity index (χ2n) is 7.41. The lowest BCUT2D eigenvalue weighted by atomic mass is 10.1. The van der Waals surface area contributed by atoms with Crippen molar-refractivity contribution in [1.82, 2.24) is 10.3 Å². The molecule has 1 aliphatic heterocycles. The molecule has 1 fully saturated rings. The Bertz CT molecular complexity index is 926. The highest BCUT2D eigenvalue weighted by Gasteiger charge is 2.19. The quantitative estimate of drug-likeness (QED) is 0.501. The third-order valence-electron chi connectivity index (χ3n) is 5.40. The van der Waals surface area contributed by atoms with Crippen molar-refractivity contribution in [3.05, 3.63) is 53.8 Å². The summed E-state index contributed by atoms with van der Waals surface area (Å²) in [6.45, 7) is 8.46. The molecule has 1 heterocycles. The molecule has 0 saturated carbocycles. The number of methoxy groups -OCH3 is 1. The lowest BCUT2D eigenvalue weighted by Crippen LogP contribution is -2.46. The monoisotopic (exact) mass is 427 g/mol. The van der Waals surface area contributed by atoms with Crippen LogP contribution >= 0.6 is 0 Å². The molecule has 0 spiro atoms. The molecule has 0 atom stereocenters. The maximum absolute atomic E-state index is 14.7. The molecule has 2 N–H and O–H groups in total. The van der Waals surface area contributed by atoms with Gasteiger partial charge in [0.05, 0.1) is 25.1 Å². The van der Waals surface area contributed by atoms with E-state index in [1.54, 1.807) is 26.2 Å². The molecule has 166 valence electrons. The van der Waals surface area contributed by atoms with Gasteiger partial charge in [-0.3, -0.25) is 4.79 Å². The minimum Gasteiger partial charge on any atom is -0.497 e. The number of likely N-dealkylation sites (N-methyl/N-ethyl adjacent to an activating group) is 1. The summed E-state index contributed by atoms with van der Waals surface area (Å²) in [4.78, 5) is 16.5. The zero-order valence-electron chi connectivity index (χ0n) is 18.3. The van der Waals surface area contributed by atoms with Crippen molar-refractivity contribution in [3.8, 4) is 5.75 Å². The Hall–Kier alpha value is -3.13. The van der Waals surface area contributed by atoms with E-state index in [0.29, 0.717) is 22.7 Å². The fourth-order valence-corrected chi connectivity index (χ4v) is 3.46. The van der Waals surface area contributed by atoms with Crippen LogP contribution in [0.5, 0.6) is 5.75 Å². The Morgan fingerprint density at radius 1 is 1.16 bits per heavy atom. The van der Waals surface area contributed by atoms with Crippen molar-refractivity contribution in [2.24, 2.45) is 5.10 Å². The van der Waals surface area contributed by atoms with Gasteiger partial charge >= 0.3 is 0 Å². The van der Waals surface area contributed by atoms with E-state index in [1.165, 1.54) is 6.07 Å². The molecule has 31 heavy (non-hydrogen) atoms. The first-order valence-corrected chi connectivity index (χ1v) is 10.5. The SMILES string of the molecule is CCN1CCN(c2ccc(/C(C)=N\NC(=O)CNc3cccc(OC)c3)cc2F)CC1. The summed E-state index contributed by atoms with van der Waals surface area (Å²) in [5.41, 5.74) is 5.06. The van der Waals surface area contributed by atoms with Gasteiger partial charge in [0, 0.05) is 43.5 Å². The van der Waals surface area contributed by atoms with Crippen LogP contribution in [0, 0.1) is 5.82 Å². The highest BCUT2D eigenvalue weighted by atomic mass is 19.1. The summed E-state index contributed by atoms with van der Waals surface area (Å²) in [5.74, 6) is 0.132. The van der Waals surface area contributed by atoms with Crippen LogP contribution < -0.4 is 20.4 Å². The highest BCUT2D eigenvalue weighted by molar-refractivity contribution is 5.99. The largest absolute Gasteiger partial charge is 0.497 e. The molecule has 2 aromatic carbocycles. The van der Waals surface area contributed by atoms with Crippen molar-refractivity contribution in [2.75, 3.05) is 56.6 Å². The van der Waals surface area contributed by atoms with Gasteiger partial charge in [-0.2, -0.15) is 5.10 Å². The van der Waals surface area contributed by atoms with Crippen LogP contribution in [-0.2, 0) is 4.79 Å². The Labute approximate surface area is 182 Å². The highest BCUT2D eigenvalue weighted by Crippen LogP contribution is 2.22. The van der Waals surface area contributed by atoms with Gasteiger partial charge < -0.3 is 19.9 Å². The Morgan fingerprint density at radius 3 is 2.61 bits per heavy atom. The summed E-state index contributed by atoms with van der Waals surface area (Å²) >= 11 is 0. The summed E-state index contributed by atoms with van der Waals surface area (Å²) < 4.78 is 19.9. The molecule has 7 nitrogen and oxygen atoms in total. The number of carbonyl (C=O) groups excluding carboxylic acids is 1. The molecule has 1 amide bonds. The first-order chi connectivity index (χ1) is 15.0. The number of hydrazone groups is 1. The number of hydrogen-bond donors (Lipinski definition) is 2. The third kappa shape index (κ3) is 6.18.